The maximum Gasteiger partial charge on any atom is 0.416 e. The number of ether oxygens (including phenoxy) is 2. The largest absolute Gasteiger partial charge is 0.444 e. The van der Waals surface area contributed by atoms with Crippen molar-refractivity contribution in [1.29, 1.82) is 0 Å². The summed E-state index contributed by atoms with van der Waals surface area (Å²) in [5.41, 5.74) is -3.35. The van der Waals surface area contributed by atoms with E-state index < -0.39 is 65.9 Å². The highest BCUT2D eigenvalue weighted by Gasteiger charge is 2.47. The van der Waals surface area contributed by atoms with Crippen LogP contribution in [0.2, 0.25) is 0 Å². The summed E-state index contributed by atoms with van der Waals surface area (Å²) in [6, 6.07) is 9.26. The molecule has 1 heterocycles. The number of rotatable bonds is 5. The summed E-state index contributed by atoms with van der Waals surface area (Å²) in [5.74, 6) is -0.617. The van der Waals surface area contributed by atoms with Crippen LogP contribution >= 0.6 is 0 Å². The zero-order valence-electron chi connectivity index (χ0n) is 20.7. The lowest BCUT2D eigenvalue weighted by molar-refractivity contribution is -0.143. The number of aliphatic hydroxyl groups is 1. The van der Waals surface area contributed by atoms with Crippen LogP contribution in [0.25, 0.3) is 0 Å². The molecule has 0 spiro atoms. The molecule has 37 heavy (non-hydrogen) atoms. The van der Waals surface area contributed by atoms with E-state index in [1.807, 2.05) is 0 Å². The highest BCUT2D eigenvalue weighted by atomic mass is 19.4. The summed E-state index contributed by atoms with van der Waals surface area (Å²) in [7, 11) is 0. The normalized spacial score (nSPS) is 21.7. The molecule has 0 bridgehead atoms. The van der Waals surface area contributed by atoms with Gasteiger partial charge in [0.15, 0.2) is 0 Å². The third-order valence-corrected chi connectivity index (χ3v) is 6.05. The first kappa shape index (κ1) is 28.8. The van der Waals surface area contributed by atoms with E-state index in [1.54, 1.807) is 51.1 Å². The molecule has 1 saturated heterocycles. The van der Waals surface area contributed by atoms with Crippen molar-refractivity contribution in [2.75, 3.05) is 13.2 Å². The molecule has 1 aliphatic rings. The zero-order chi connectivity index (χ0) is 27.8. The Balaban J connectivity index is 1.99. The second-order valence-corrected chi connectivity index (χ2v) is 9.98. The number of amides is 1. The van der Waals surface area contributed by atoms with Crippen molar-refractivity contribution in [3.63, 3.8) is 0 Å². The van der Waals surface area contributed by atoms with E-state index in [4.69, 9.17) is 9.47 Å². The Bertz CT molecular complexity index is 1050. The van der Waals surface area contributed by atoms with Crippen LogP contribution in [0.1, 0.15) is 62.0 Å². The molecule has 11 heteroatoms. The van der Waals surface area contributed by atoms with Crippen LogP contribution in [-0.2, 0) is 21.8 Å². The Morgan fingerprint density at radius 1 is 1.00 bits per heavy atom. The molecule has 4 atom stereocenters. The quantitative estimate of drug-likeness (QED) is 0.442. The average Bonchev–Trinajstić information content (AvgIpc) is 3.15. The van der Waals surface area contributed by atoms with Crippen LogP contribution in [0.3, 0.4) is 0 Å². The van der Waals surface area contributed by atoms with Crippen molar-refractivity contribution in [3.05, 3.63) is 70.8 Å². The zero-order valence-corrected chi connectivity index (χ0v) is 20.7. The Kier molecular flexibility index (Phi) is 8.19. The lowest BCUT2D eigenvalue weighted by Gasteiger charge is -2.29. The summed E-state index contributed by atoms with van der Waals surface area (Å²) in [6.45, 7) is 5.81. The Morgan fingerprint density at radius 2 is 1.54 bits per heavy atom. The van der Waals surface area contributed by atoms with E-state index in [-0.39, 0.29) is 18.2 Å². The Morgan fingerprint density at radius 3 is 2.00 bits per heavy atom. The molecule has 2 aromatic rings. The molecule has 0 aliphatic carbocycles. The molecular formula is C26H29F6NO4. The van der Waals surface area contributed by atoms with Crippen LogP contribution in [0, 0.1) is 0 Å². The van der Waals surface area contributed by atoms with Gasteiger partial charge >= 0.3 is 18.4 Å². The van der Waals surface area contributed by atoms with E-state index >= 15 is 0 Å². The first-order valence-electron chi connectivity index (χ1n) is 11.6. The van der Waals surface area contributed by atoms with Crippen molar-refractivity contribution >= 4 is 6.09 Å². The summed E-state index contributed by atoms with van der Waals surface area (Å²) >= 11 is 0. The number of benzene rings is 2. The number of alkyl halides is 6. The minimum absolute atomic E-state index is 0.0601. The van der Waals surface area contributed by atoms with Crippen molar-refractivity contribution in [2.24, 2.45) is 0 Å². The van der Waals surface area contributed by atoms with Gasteiger partial charge in [0.1, 0.15) is 5.60 Å². The number of likely N-dealkylation sites (tertiary alicyclic amines) is 1. The fourth-order valence-electron chi connectivity index (χ4n) is 4.42. The first-order valence-corrected chi connectivity index (χ1v) is 11.6. The Labute approximate surface area is 211 Å². The SMILES string of the molecule is CC(O[C@H]1CN(C(=O)OC(C)(C)C)[C@@H](CO)[C@@H]1c1ccccc1)c1cc(C(F)(F)F)cc(C(F)(F)F)c1. The lowest BCUT2D eigenvalue weighted by atomic mass is 9.90. The van der Waals surface area contributed by atoms with E-state index in [9.17, 15) is 36.2 Å². The molecule has 204 valence electrons. The molecular weight excluding hydrogens is 504 g/mol. The fourth-order valence-corrected chi connectivity index (χ4v) is 4.42. The standard InChI is InChI=1S/C26H29F6NO4/c1-15(17-10-18(25(27,28)29)12-19(11-17)26(30,31)32)36-21-13-33(23(35)37-24(2,3)4)20(14-34)22(21)16-8-6-5-7-9-16/h5-12,15,20-22,34H,13-14H2,1-4H3/t15?,20-,21-,22-/m0/s1. The van der Waals surface area contributed by atoms with E-state index in [0.29, 0.717) is 17.7 Å². The predicted molar refractivity (Wildman–Crippen MR) is 123 cm³/mol. The van der Waals surface area contributed by atoms with Crippen LogP contribution in [-0.4, -0.2) is 47.0 Å². The number of carbonyl (C=O) groups is 1. The molecule has 0 saturated carbocycles. The minimum atomic E-state index is -4.99. The van der Waals surface area contributed by atoms with Crippen LogP contribution < -0.4 is 0 Å². The molecule has 2 aromatic carbocycles. The van der Waals surface area contributed by atoms with Gasteiger partial charge in [-0.15, -0.1) is 0 Å². The number of hydrogen-bond donors (Lipinski definition) is 1. The highest BCUT2D eigenvalue weighted by molar-refractivity contribution is 5.69. The van der Waals surface area contributed by atoms with Gasteiger partial charge in [0.2, 0.25) is 0 Å². The van der Waals surface area contributed by atoms with E-state index in [1.165, 1.54) is 11.8 Å². The second kappa shape index (κ2) is 10.5. The van der Waals surface area contributed by atoms with Crippen molar-refractivity contribution in [1.82, 2.24) is 4.90 Å². The second-order valence-electron chi connectivity index (χ2n) is 9.98. The van der Waals surface area contributed by atoms with Crippen LogP contribution in [0.5, 0.6) is 0 Å². The third kappa shape index (κ3) is 6.95. The van der Waals surface area contributed by atoms with E-state index in [2.05, 4.69) is 0 Å². The molecule has 1 N–H and O–H groups in total. The number of hydrogen-bond acceptors (Lipinski definition) is 4. The maximum absolute atomic E-state index is 13.4. The van der Waals surface area contributed by atoms with Crippen molar-refractivity contribution < 1.29 is 45.7 Å². The van der Waals surface area contributed by atoms with Crippen LogP contribution in [0.15, 0.2) is 48.5 Å². The molecule has 0 radical (unpaired) electrons. The first-order chi connectivity index (χ1) is 17.0. The molecule has 1 fully saturated rings. The van der Waals surface area contributed by atoms with Gasteiger partial charge in [-0.25, -0.2) is 4.79 Å². The van der Waals surface area contributed by atoms with Gasteiger partial charge in [0.25, 0.3) is 0 Å². The van der Waals surface area contributed by atoms with Gasteiger partial charge in [-0.1, -0.05) is 30.3 Å². The van der Waals surface area contributed by atoms with Crippen LogP contribution in [0.4, 0.5) is 31.1 Å². The van der Waals surface area contributed by atoms with Gasteiger partial charge in [0, 0.05) is 5.92 Å². The third-order valence-electron chi connectivity index (χ3n) is 6.05. The van der Waals surface area contributed by atoms with Gasteiger partial charge in [-0.2, -0.15) is 26.3 Å². The maximum atomic E-state index is 13.4. The summed E-state index contributed by atoms with van der Waals surface area (Å²) < 4.78 is 91.7. The molecule has 1 amide bonds. The van der Waals surface area contributed by atoms with Gasteiger partial charge < -0.3 is 14.6 Å². The predicted octanol–water partition coefficient (Wildman–Crippen LogP) is 6.57. The topological polar surface area (TPSA) is 59.0 Å². The summed E-state index contributed by atoms with van der Waals surface area (Å²) in [5, 5.41) is 10.2. The van der Waals surface area contributed by atoms with Crippen molar-refractivity contribution in [2.45, 2.75) is 69.8 Å². The van der Waals surface area contributed by atoms with E-state index in [0.717, 1.165) is 0 Å². The minimum Gasteiger partial charge on any atom is -0.444 e. The molecule has 1 unspecified atom stereocenters. The number of aliphatic hydroxyl groups excluding tert-OH is 1. The molecule has 3 rings (SSSR count). The fraction of sp³-hybridized carbons (Fsp3) is 0.500. The number of carbonyl (C=O) groups excluding carboxylic acids is 1. The molecule has 5 nitrogen and oxygen atoms in total. The monoisotopic (exact) mass is 533 g/mol. The highest BCUT2D eigenvalue weighted by Crippen LogP contribution is 2.41. The van der Waals surface area contributed by atoms with Gasteiger partial charge in [-0.05, 0) is 57.0 Å². The van der Waals surface area contributed by atoms with Gasteiger partial charge in [0.05, 0.1) is 42.5 Å². The van der Waals surface area contributed by atoms with Gasteiger partial charge in [-0.3, -0.25) is 4.90 Å². The summed E-state index contributed by atoms with van der Waals surface area (Å²) in [4.78, 5) is 14.2. The molecule has 1 aliphatic heterocycles. The van der Waals surface area contributed by atoms with Crippen molar-refractivity contribution in [3.8, 4) is 0 Å². The average molecular weight is 534 g/mol. The molecule has 0 aromatic heterocycles. The number of halogens is 6. The number of nitrogens with zero attached hydrogens (tertiary/aromatic N) is 1. The Hall–Kier alpha value is -2.79. The summed E-state index contributed by atoms with van der Waals surface area (Å²) in [6.07, 6.45) is -12.8. The lowest BCUT2D eigenvalue weighted by Crippen LogP contribution is -2.42. The smallest absolute Gasteiger partial charge is 0.416 e.